The van der Waals surface area contributed by atoms with Crippen LogP contribution >= 0.6 is 0 Å². The first-order valence-corrected chi connectivity index (χ1v) is 5.33. The van der Waals surface area contributed by atoms with Crippen LogP contribution in [0.15, 0.2) is 73.4 Å². The molecule has 0 bridgehead atoms. The Morgan fingerprint density at radius 2 is 1.81 bits per heavy atom. The van der Waals surface area contributed by atoms with E-state index in [0.717, 1.165) is 5.57 Å². The number of hydrogen-bond acceptors (Lipinski definition) is 0. The third-order valence-corrected chi connectivity index (χ3v) is 1.68. The van der Waals surface area contributed by atoms with Gasteiger partial charge in [0.1, 0.15) is 0 Å². The summed E-state index contributed by atoms with van der Waals surface area (Å²) in [4.78, 5) is 0. The summed E-state index contributed by atoms with van der Waals surface area (Å²) < 4.78 is 0. The van der Waals surface area contributed by atoms with Crippen LogP contribution in [0.2, 0.25) is 0 Å². The van der Waals surface area contributed by atoms with Gasteiger partial charge in [-0.05, 0) is 19.4 Å². The van der Waals surface area contributed by atoms with Crippen LogP contribution in [0, 0.1) is 0 Å². The normalized spacial score (nSPS) is 9.88. The molecule has 0 fully saturated rings. The molecule has 1 aromatic rings. The van der Waals surface area contributed by atoms with Crippen molar-refractivity contribution in [1.29, 1.82) is 0 Å². The molecular formula is C16H20. The lowest BCUT2D eigenvalue weighted by molar-refractivity contribution is 1.54. The lowest BCUT2D eigenvalue weighted by Crippen LogP contribution is -1.65. The van der Waals surface area contributed by atoms with Crippen molar-refractivity contribution in [2.45, 2.75) is 13.8 Å². The van der Waals surface area contributed by atoms with E-state index in [2.05, 4.69) is 25.3 Å². The van der Waals surface area contributed by atoms with Crippen molar-refractivity contribution < 1.29 is 0 Å². The van der Waals surface area contributed by atoms with Crippen LogP contribution < -0.4 is 0 Å². The zero-order chi connectivity index (χ0) is 12.2. The van der Waals surface area contributed by atoms with E-state index in [4.69, 9.17) is 0 Å². The maximum atomic E-state index is 3.66. The molecule has 0 aromatic heterocycles. The first kappa shape index (κ1) is 14.2. The molecule has 0 atom stereocenters. The SMILES string of the molecule is C=C(C)C=CC.C=CC=Cc1ccccc1. The molecule has 1 rings (SSSR count). The molecule has 84 valence electrons. The fourth-order valence-corrected chi connectivity index (χ4v) is 1.03. The van der Waals surface area contributed by atoms with Gasteiger partial charge >= 0.3 is 0 Å². The highest BCUT2D eigenvalue weighted by molar-refractivity contribution is 5.50. The summed E-state index contributed by atoms with van der Waals surface area (Å²) in [6, 6.07) is 10.1. The number of rotatable bonds is 3. The summed E-state index contributed by atoms with van der Waals surface area (Å²) in [6.45, 7) is 11.2. The monoisotopic (exact) mass is 212 g/mol. The minimum Gasteiger partial charge on any atom is -0.0991 e. The molecule has 0 radical (unpaired) electrons. The summed E-state index contributed by atoms with van der Waals surface area (Å²) in [5, 5.41) is 0. The van der Waals surface area contributed by atoms with Crippen molar-refractivity contribution >= 4 is 6.08 Å². The molecule has 0 heterocycles. The van der Waals surface area contributed by atoms with Gasteiger partial charge in [0.15, 0.2) is 0 Å². The van der Waals surface area contributed by atoms with Crippen molar-refractivity contribution in [2.75, 3.05) is 0 Å². The number of allylic oxidation sites excluding steroid dienone is 5. The van der Waals surface area contributed by atoms with Gasteiger partial charge in [-0.15, -0.1) is 0 Å². The lowest BCUT2D eigenvalue weighted by atomic mass is 10.2. The highest BCUT2D eigenvalue weighted by Crippen LogP contribution is 1.99. The van der Waals surface area contributed by atoms with E-state index in [1.807, 2.05) is 56.4 Å². The summed E-state index contributed by atoms with van der Waals surface area (Å²) in [5.74, 6) is 0. The summed E-state index contributed by atoms with van der Waals surface area (Å²) in [6.07, 6.45) is 9.66. The van der Waals surface area contributed by atoms with Crippen LogP contribution in [0.4, 0.5) is 0 Å². The maximum Gasteiger partial charge on any atom is -0.0257 e. The predicted molar refractivity (Wildman–Crippen MR) is 75.3 cm³/mol. The molecule has 0 spiro atoms. The van der Waals surface area contributed by atoms with Crippen LogP contribution in [0.3, 0.4) is 0 Å². The second kappa shape index (κ2) is 9.72. The van der Waals surface area contributed by atoms with E-state index in [9.17, 15) is 0 Å². The van der Waals surface area contributed by atoms with Gasteiger partial charge in [-0.1, -0.05) is 79.4 Å². The Morgan fingerprint density at radius 3 is 2.19 bits per heavy atom. The standard InChI is InChI=1S/C10H10.C6H10/c1-2-3-7-10-8-5-4-6-9-10;1-4-5-6(2)3/h2-9H,1H2;4-5H,2H2,1,3H3. The van der Waals surface area contributed by atoms with Crippen LogP contribution in [-0.2, 0) is 0 Å². The Bertz CT molecular complexity index is 353. The number of hydrogen-bond donors (Lipinski definition) is 0. The van der Waals surface area contributed by atoms with Crippen molar-refractivity contribution in [2.24, 2.45) is 0 Å². The van der Waals surface area contributed by atoms with Gasteiger partial charge in [0.2, 0.25) is 0 Å². The van der Waals surface area contributed by atoms with E-state index in [-0.39, 0.29) is 0 Å². The van der Waals surface area contributed by atoms with Crippen LogP contribution in [0.5, 0.6) is 0 Å². The Morgan fingerprint density at radius 1 is 1.19 bits per heavy atom. The first-order valence-electron chi connectivity index (χ1n) is 5.33. The van der Waals surface area contributed by atoms with Gasteiger partial charge < -0.3 is 0 Å². The smallest absolute Gasteiger partial charge is 0.0257 e. The molecule has 0 saturated heterocycles. The fraction of sp³-hybridized carbons (Fsp3) is 0.125. The van der Waals surface area contributed by atoms with E-state index in [1.165, 1.54) is 5.56 Å². The van der Waals surface area contributed by atoms with Crippen molar-refractivity contribution in [3.8, 4) is 0 Å². The van der Waals surface area contributed by atoms with Gasteiger partial charge in [-0.2, -0.15) is 0 Å². The van der Waals surface area contributed by atoms with Gasteiger partial charge in [0, 0.05) is 0 Å². The van der Waals surface area contributed by atoms with Crippen LogP contribution in [-0.4, -0.2) is 0 Å². The molecule has 0 aliphatic rings. The number of benzene rings is 1. The van der Waals surface area contributed by atoms with E-state index in [1.54, 1.807) is 6.08 Å². The van der Waals surface area contributed by atoms with Crippen molar-refractivity contribution in [1.82, 2.24) is 0 Å². The Labute approximate surface area is 99.3 Å². The van der Waals surface area contributed by atoms with Gasteiger partial charge in [0.05, 0.1) is 0 Å². The second-order valence-corrected chi connectivity index (χ2v) is 3.35. The molecule has 0 aliphatic carbocycles. The third-order valence-electron chi connectivity index (χ3n) is 1.68. The van der Waals surface area contributed by atoms with Gasteiger partial charge in [-0.3, -0.25) is 0 Å². The van der Waals surface area contributed by atoms with Crippen LogP contribution in [0.25, 0.3) is 6.08 Å². The summed E-state index contributed by atoms with van der Waals surface area (Å²) >= 11 is 0. The lowest BCUT2D eigenvalue weighted by Gasteiger charge is -1.87. The third kappa shape index (κ3) is 8.76. The predicted octanol–water partition coefficient (Wildman–Crippen LogP) is 5.02. The summed E-state index contributed by atoms with van der Waals surface area (Å²) in [7, 11) is 0. The topological polar surface area (TPSA) is 0 Å². The van der Waals surface area contributed by atoms with Gasteiger partial charge in [0.25, 0.3) is 0 Å². The van der Waals surface area contributed by atoms with E-state index < -0.39 is 0 Å². The van der Waals surface area contributed by atoms with E-state index in [0.29, 0.717) is 0 Å². The average molecular weight is 212 g/mol. The highest BCUT2D eigenvalue weighted by Gasteiger charge is 1.78. The molecule has 0 aliphatic heterocycles. The average Bonchev–Trinajstić information content (AvgIpc) is 2.28. The minimum absolute atomic E-state index is 1.11. The molecule has 16 heavy (non-hydrogen) atoms. The van der Waals surface area contributed by atoms with Gasteiger partial charge in [-0.25, -0.2) is 0 Å². The fourth-order valence-electron chi connectivity index (χ4n) is 1.03. The molecule has 1 aromatic carbocycles. The molecule has 0 unspecified atom stereocenters. The van der Waals surface area contributed by atoms with E-state index >= 15 is 0 Å². The first-order chi connectivity index (χ1) is 7.70. The molecule has 0 heteroatoms. The Hall–Kier alpha value is -1.82. The second-order valence-electron chi connectivity index (χ2n) is 3.35. The van der Waals surface area contributed by atoms with Crippen molar-refractivity contribution in [3.05, 3.63) is 78.9 Å². The zero-order valence-electron chi connectivity index (χ0n) is 10.2. The quantitative estimate of drug-likeness (QED) is 0.617. The Kier molecular flexibility index (Phi) is 8.62. The van der Waals surface area contributed by atoms with Crippen LogP contribution in [0.1, 0.15) is 19.4 Å². The summed E-state index contributed by atoms with van der Waals surface area (Å²) in [5.41, 5.74) is 2.32. The molecule has 0 N–H and O–H groups in total. The maximum absolute atomic E-state index is 3.66. The molecule has 0 amide bonds. The van der Waals surface area contributed by atoms with Crippen molar-refractivity contribution in [3.63, 3.8) is 0 Å². The zero-order valence-corrected chi connectivity index (χ0v) is 10.2. The largest absolute Gasteiger partial charge is 0.0991 e. The minimum atomic E-state index is 1.11. The molecular weight excluding hydrogens is 192 g/mol. The highest BCUT2D eigenvalue weighted by atomic mass is 13.8. The molecule has 0 saturated carbocycles. The molecule has 0 nitrogen and oxygen atoms in total. The Balaban J connectivity index is 0.000000325.